The van der Waals surface area contributed by atoms with E-state index in [0.29, 0.717) is 25.3 Å². The van der Waals surface area contributed by atoms with Gasteiger partial charge in [-0.1, -0.05) is 12.2 Å². The van der Waals surface area contributed by atoms with Gasteiger partial charge < -0.3 is 15.0 Å². The van der Waals surface area contributed by atoms with Crippen molar-refractivity contribution >= 4 is 17.4 Å². The van der Waals surface area contributed by atoms with Gasteiger partial charge in [0.05, 0.1) is 17.7 Å². The van der Waals surface area contributed by atoms with E-state index in [-0.39, 0.29) is 35.0 Å². The Kier molecular flexibility index (Phi) is 5.96. The molecule has 0 saturated carbocycles. The molecule has 2 atom stereocenters. The molecule has 30 heavy (non-hydrogen) atoms. The zero-order valence-electron chi connectivity index (χ0n) is 16.6. The molecule has 2 heterocycles. The lowest BCUT2D eigenvalue weighted by Crippen LogP contribution is -2.42. The van der Waals surface area contributed by atoms with E-state index in [2.05, 4.69) is 5.32 Å². The number of fused-ring (bicyclic) bond motifs is 1. The molecular weight excluding hydrogens is 385 g/mol. The molecule has 1 N–H and O–H groups in total. The molecule has 2 unspecified atom stereocenters. The average molecular weight is 409 g/mol. The number of ether oxygens (including phenoxy) is 1. The van der Waals surface area contributed by atoms with Gasteiger partial charge in [0.15, 0.2) is 5.78 Å². The fourth-order valence-corrected chi connectivity index (χ4v) is 4.33. The molecule has 1 saturated heterocycles. The first-order valence-electron chi connectivity index (χ1n) is 10.3. The summed E-state index contributed by atoms with van der Waals surface area (Å²) in [6, 6.07) is 6.00. The highest BCUT2D eigenvalue weighted by molar-refractivity contribution is 5.95. The highest BCUT2D eigenvalue weighted by atomic mass is 19.1. The Bertz CT molecular complexity index is 944. The lowest BCUT2D eigenvalue weighted by atomic mass is 9.81. The van der Waals surface area contributed by atoms with Gasteiger partial charge in [-0.25, -0.2) is 4.39 Å². The van der Waals surface area contributed by atoms with E-state index in [9.17, 15) is 19.2 Å². The molecule has 156 valence electrons. The molecule has 0 aromatic heterocycles. The summed E-state index contributed by atoms with van der Waals surface area (Å²) in [6.07, 6.45) is 7.36. The minimum absolute atomic E-state index is 0.0379. The van der Waals surface area contributed by atoms with E-state index >= 15 is 0 Å². The van der Waals surface area contributed by atoms with Crippen LogP contribution in [0.25, 0.3) is 0 Å². The average Bonchev–Trinajstić information content (AvgIpc) is 3.26. The summed E-state index contributed by atoms with van der Waals surface area (Å²) in [5.74, 6) is -1.20. The molecule has 4 rings (SSSR count). The lowest BCUT2D eigenvalue weighted by Gasteiger charge is -2.31. The van der Waals surface area contributed by atoms with Gasteiger partial charge >= 0.3 is 0 Å². The van der Waals surface area contributed by atoms with E-state index in [1.807, 2.05) is 18.2 Å². The molecule has 1 aromatic carbocycles. The third-order valence-corrected chi connectivity index (χ3v) is 6.11. The molecule has 7 heteroatoms. The molecule has 3 aliphatic rings. The van der Waals surface area contributed by atoms with Gasteiger partial charge in [-0.2, -0.15) is 5.26 Å². The van der Waals surface area contributed by atoms with Crippen LogP contribution in [0.1, 0.15) is 24.8 Å². The molecule has 1 amide bonds. The number of nitrogens with one attached hydrogen (secondary N) is 1. The fraction of sp³-hybridized carbons (Fsp3) is 0.435. The Morgan fingerprint density at radius 1 is 1.33 bits per heavy atom. The number of piperidine rings is 1. The first kappa shape index (κ1) is 20.3. The normalized spacial score (nSPS) is 23.3. The van der Waals surface area contributed by atoms with Crippen LogP contribution >= 0.6 is 0 Å². The summed E-state index contributed by atoms with van der Waals surface area (Å²) < 4.78 is 19.1. The quantitative estimate of drug-likeness (QED) is 0.809. The summed E-state index contributed by atoms with van der Waals surface area (Å²) in [5, 5.41) is 12.4. The van der Waals surface area contributed by atoms with Gasteiger partial charge in [0.2, 0.25) is 5.91 Å². The van der Waals surface area contributed by atoms with Crippen LogP contribution in [0.15, 0.2) is 42.2 Å². The molecule has 1 aromatic rings. The zero-order chi connectivity index (χ0) is 21.1. The molecule has 0 spiro atoms. The van der Waals surface area contributed by atoms with Crippen molar-refractivity contribution in [2.45, 2.75) is 19.3 Å². The smallest absolute Gasteiger partial charge is 0.230 e. The number of carbonyl (C=O) groups is 2. The maximum atomic E-state index is 13.8. The van der Waals surface area contributed by atoms with Crippen LogP contribution in [0.5, 0.6) is 0 Å². The van der Waals surface area contributed by atoms with Gasteiger partial charge in [0, 0.05) is 29.6 Å². The number of ketones is 1. The predicted molar refractivity (Wildman–Crippen MR) is 109 cm³/mol. The van der Waals surface area contributed by atoms with Gasteiger partial charge in [-0.3, -0.25) is 9.59 Å². The van der Waals surface area contributed by atoms with Crippen molar-refractivity contribution in [3.63, 3.8) is 0 Å². The minimum atomic E-state index is -0.610. The minimum Gasteiger partial charge on any atom is -0.500 e. The van der Waals surface area contributed by atoms with Gasteiger partial charge in [-0.05, 0) is 50.6 Å². The van der Waals surface area contributed by atoms with Crippen molar-refractivity contribution in [2.24, 2.45) is 17.8 Å². The van der Waals surface area contributed by atoms with Gasteiger partial charge in [0.1, 0.15) is 18.5 Å². The van der Waals surface area contributed by atoms with Gasteiger partial charge in [0.25, 0.3) is 0 Å². The highest BCUT2D eigenvalue weighted by Crippen LogP contribution is 2.32. The van der Waals surface area contributed by atoms with Crippen LogP contribution in [0.3, 0.4) is 0 Å². The second-order valence-corrected chi connectivity index (χ2v) is 7.95. The Balaban J connectivity index is 1.55. The van der Waals surface area contributed by atoms with Crippen molar-refractivity contribution in [3.8, 4) is 6.07 Å². The summed E-state index contributed by atoms with van der Waals surface area (Å²) in [4.78, 5) is 27.7. The molecule has 2 aliphatic heterocycles. The Morgan fingerprint density at radius 3 is 2.90 bits per heavy atom. The number of nitriles is 1. The third kappa shape index (κ3) is 4.01. The monoisotopic (exact) mass is 409 g/mol. The molecule has 1 fully saturated rings. The maximum absolute atomic E-state index is 13.8. The number of hydrogen-bond acceptors (Lipinski definition) is 5. The second kappa shape index (κ2) is 8.80. The van der Waals surface area contributed by atoms with Gasteiger partial charge in [-0.15, -0.1) is 0 Å². The van der Waals surface area contributed by atoms with Crippen LogP contribution in [-0.2, 0) is 14.3 Å². The van der Waals surface area contributed by atoms with Crippen LogP contribution in [0.4, 0.5) is 10.1 Å². The van der Waals surface area contributed by atoms with Crippen molar-refractivity contribution in [2.75, 3.05) is 31.1 Å². The number of rotatable bonds is 5. The second-order valence-electron chi connectivity index (χ2n) is 7.95. The summed E-state index contributed by atoms with van der Waals surface area (Å²) >= 11 is 0. The molecular formula is C23H24FN3O3. The topological polar surface area (TPSA) is 82.4 Å². The van der Waals surface area contributed by atoms with Crippen LogP contribution < -0.4 is 10.2 Å². The summed E-state index contributed by atoms with van der Waals surface area (Å²) in [5.41, 5.74) is 1.30. The number of halogens is 1. The standard InChI is InChI=1S/C23H24FN3O3/c24-21-4-3-19(11-18(21)12-25)27(23(29)16-5-8-26-9-6-16)10-7-15-1-2-17-13-30-14-20(17)22(15)28/h1-4,11,13,15-16,20,26H,5-10,14H2. The number of amides is 1. The summed E-state index contributed by atoms with van der Waals surface area (Å²) in [7, 11) is 0. The number of nitrogens with zero attached hydrogens (tertiary/aromatic N) is 2. The van der Waals surface area contributed by atoms with Crippen molar-refractivity contribution in [1.29, 1.82) is 5.26 Å². The lowest BCUT2D eigenvalue weighted by molar-refractivity contribution is -0.126. The van der Waals surface area contributed by atoms with E-state index in [1.165, 1.54) is 18.2 Å². The zero-order valence-corrected chi connectivity index (χ0v) is 16.6. The third-order valence-electron chi connectivity index (χ3n) is 6.11. The van der Waals surface area contributed by atoms with Crippen LogP contribution in [0.2, 0.25) is 0 Å². The number of carbonyl (C=O) groups excluding carboxylic acids is 2. The fourth-order valence-electron chi connectivity index (χ4n) is 4.33. The van der Waals surface area contributed by atoms with Crippen LogP contribution in [0, 0.1) is 34.9 Å². The van der Waals surface area contributed by atoms with Crippen molar-refractivity contribution in [1.82, 2.24) is 5.32 Å². The number of hydrogen-bond donors (Lipinski definition) is 1. The molecule has 1 aliphatic carbocycles. The molecule has 6 nitrogen and oxygen atoms in total. The number of Topliss-reactive ketones (excluding diaryl/α,β-unsaturated/α-hetero) is 1. The predicted octanol–water partition coefficient (Wildman–Crippen LogP) is 2.71. The number of allylic oxidation sites excluding steroid dienone is 2. The number of anilines is 1. The summed E-state index contributed by atoms with van der Waals surface area (Å²) in [6.45, 7) is 2.25. The Labute approximate surface area is 175 Å². The Hall–Kier alpha value is -2.98. The molecule has 0 radical (unpaired) electrons. The molecule has 0 bridgehead atoms. The van der Waals surface area contributed by atoms with Crippen molar-refractivity contribution < 1.29 is 18.7 Å². The first-order valence-corrected chi connectivity index (χ1v) is 10.3. The van der Waals surface area contributed by atoms with Crippen molar-refractivity contribution in [3.05, 3.63) is 53.6 Å². The van der Waals surface area contributed by atoms with E-state index in [4.69, 9.17) is 4.74 Å². The van der Waals surface area contributed by atoms with E-state index in [0.717, 1.165) is 31.5 Å². The first-order chi connectivity index (χ1) is 14.6. The highest BCUT2D eigenvalue weighted by Gasteiger charge is 2.35. The Morgan fingerprint density at radius 2 is 2.13 bits per heavy atom. The SMILES string of the molecule is N#Cc1cc(N(CCC2C=CC3=COCC3C2=O)C(=O)C2CCNCC2)ccc1F. The van der Waals surface area contributed by atoms with E-state index < -0.39 is 5.82 Å². The number of benzene rings is 1. The van der Waals surface area contributed by atoms with Crippen LogP contribution in [-0.4, -0.2) is 37.9 Å². The largest absolute Gasteiger partial charge is 0.500 e. The van der Waals surface area contributed by atoms with E-state index in [1.54, 1.807) is 11.2 Å². The maximum Gasteiger partial charge on any atom is 0.230 e.